The van der Waals surface area contributed by atoms with Gasteiger partial charge < -0.3 is 10.1 Å². The molecule has 0 saturated heterocycles. The molecule has 1 N–H and O–H groups in total. The molecule has 0 amide bonds. The molecule has 3 rings (SSSR count). The lowest BCUT2D eigenvalue weighted by molar-refractivity contribution is 0.484. The maximum atomic E-state index is 6.19. The van der Waals surface area contributed by atoms with Crippen LogP contribution in [0.3, 0.4) is 0 Å². The van der Waals surface area contributed by atoms with Crippen LogP contribution in [0.5, 0.6) is 11.5 Å². The molecule has 3 aromatic carbocycles. The second-order valence-electron chi connectivity index (χ2n) is 4.86. The zero-order chi connectivity index (χ0) is 15.2. The highest BCUT2D eigenvalue weighted by molar-refractivity contribution is 6.31. The fourth-order valence-corrected chi connectivity index (χ4v) is 2.35. The van der Waals surface area contributed by atoms with Gasteiger partial charge in [-0.3, -0.25) is 0 Å². The molecule has 2 nitrogen and oxygen atoms in total. The SMILES string of the molecule is Clc1ccccc1CNc1ccccc1Oc1ccccc1. The molecule has 0 atom stereocenters. The molecule has 3 aromatic rings. The van der Waals surface area contributed by atoms with E-state index < -0.39 is 0 Å². The molecule has 0 radical (unpaired) electrons. The molecule has 22 heavy (non-hydrogen) atoms. The smallest absolute Gasteiger partial charge is 0.150 e. The largest absolute Gasteiger partial charge is 0.455 e. The van der Waals surface area contributed by atoms with E-state index in [1.54, 1.807) is 0 Å². The van der Waals surface area contributed by atoms with Gasteiger partial charge in [-0.1, -0.05) is 60.1 Å². The van der Waals surface area contributed by atoms with Crippen LogP contribution in [0.4, 0.5) is 5.69 Å². The van der Waals surface area contributed by atoms with E-state index in [2.05, 4.69) is 5.32 Å². The lowest BCUT2D eigenvalue weighted by atomic mass is 10.2. The second-order valence-corrected chi connectivity index (χ2v) is 5.26. The molecular formula is C19H16ClNO. The van der Waals surface area contributed by atoms with Gasteiger partial charge in [0, 0.05) is 11.6 Å². The zero-order valence-corrected chi connectivity index (χ0v) is 12.8. The number of benzene rings is 3. The van der Waals surface area contributed by atoms with Crippen molar-refractivity contribution in [1.82, 2.24) is 0 Å². The van der Waals surface area contributed by atoms with Crippen molar-refractivity contribution in [3.63, 3.8) is 0 Å². The van der Waals surface area contributed by atoms with E-state index in [4.69, 9.17) is 16.3 Å². The van der Waals surface area contributed by atoms with Crippen LogP contribution < -0.4 is 10.1 Å². The number of hydrogen-bond donors (Lipinski definition) is 1. The van der Waals surface area contributed by atoms with Crippen LogP contribution in [0, 0.1) is 0 Å². The van der Waals surface area contributed by atoms with Crippen molar-refractivity contribution in [1.29, 1.82) is 0 Å². The van der Waals surface area contributed by atoms with Gasteiger partial charge in [-0.05, 0) is 35.9 Å². The third-order valence-corrected chi connectivity index (χ3v) is 3.65. The number of ether oxygens (including phenoxy) is 1. The van der Waals surface area contributed by atoms with Gasteiger partial charge in [-0.2, -0.15) is 0 Å². The van der Waals surface area contributed by atoms with Crippen LogP contribution in [-0.2, 0) is 6.54 Å². The lowest BCUT2D eigenvalue weighted by Crippen LogP contribution is -2.01. The summed E-state index contributed by atoms with van der Waals surface area (Å²) in [7, 11) is 0. The number of halogens is 1. The van der Waals surface area contributed by atoms with Gasteiger partial charge in [-0.15, -0.1) is 0 Å². The highest BCUT2D eigenvalue weighted by atomic mass is 35.5. The second kappa shape index (κ2) is 7.01. The molecule has 0 aliphatic carbocycles. The Bertz CT molecular complexity index is 743. The average molecular weight is 310 g/mol. The predicted octanol–water partition coefficient (Wildman–Crippen LogP) is 5.74. The van der Waals surface area contributed by atoms with Gasteiger partial charge in [0.25, 0.3) is 0 Å². The maximum absolute atomic E-state index is 6.19. The molecular weight excluding hydrogens is 294 g/mol. The molecule has 0 fully saturated rings. The highest BCUT2D eigenvalue weighted by Crippen LogP contribution is 2.29. The number of rotatable bonds is 5. The summed E-state index contributed by atoms with van der Waals surface area (Å²) in [5.74, 6) is 1.61. The number of para-hydroxylation sites is 3. The Balaban J connectivity index is 1.75. The zero-order valence-electron chi connectivity index (χ0n) is 12.0. The summed E-state index contributed by atoms with van der Waals surface area (Å²) in [4.78, 5) is 0. The Morgan fingerprint density at radius 3 is 2.27 bits per heavy atom. The highest BCUT2D eigenvalue weighted by Gasteiger charge is 2.05. The van der Waals surface area contributed by atoms with Crippen LogP contribution >= 0.6 is 11.6 Å². The monoisotopic (exact) mass is 309 g/mol. The fraction of sp³-hybridized carbons (Fsp3) is 0.0526. The van der Waals surface area contributed by atoms with E-state index in [9.17, 15) is 0 Å². The molecule has 0 heterocycles. The minimum absolute atomic E-state index is 0.648. The average Bonchev–Trinajstić information content (AvgIpc) is 2.56. The first-order valence-corrected chi connectivity index (χ1v) is 7.50. The van der Waals surface area contributed by atoms with Gasteiger partial charge in [0.1, 0.15) is 5.75 Å². The Labute approximate surface area is 135 Å². The number of hydrogen-bond acceptors (Lipinski definition) is 2. The van der Waals surface area contributed by atoms with Crippen LogP contribution in [-0.4, -0.2) is 0 Å². The van der Waals surface area contributed by atoms with E-state index >= 15 is 0 Å². The summed E-state index contributed by atoms with van der Waals surface area (Å²) < 4.78 is 5.93. The Morgan fingerprint density at radius 1 is 0.773 bits per heavy atom. The van der Waals surface area contributed by atoms with Gasteiger partial charge in [0.2, 0.25) is 0 Å². The van der Waals surface area contributed by atoms with E-state index in [-0.39, 0.29) is 0 Å². The molecule has 0 saturated carbocycles. The van der Waals surface area contributed by atoms with Crippen LogP contribution in [0.25, 0.3) is 0 Å². The van der Waals surface area contributed by atoms with Crippen molar-refractivity contribution in [2.24, 2.45) is 0 Å². The first kappa shape index (κ1) is 14.5. The Kier molecular flexibility index (Phi) is 4.62. The third-order valence-electron chi connectivity index (χ3n) is 3.29. The van der Waals surface area contributed by atoms with Gasteiger partial charge in [0.15, 0.2) is 5.75 Å². The van der Waals surface area contributed by atoms with Crippen molar-refractivity contribution in [2.75, 3.05) is 5.32 Å². The van der Waals surface area contributed by atoms with E-state index in [1.165, 1.54) is 0 Å². The predicted molar refractivity (Wildman–Crippen MR) is 91.7 cm³/mol. The van der Waals surface area contributed by atoms with E-state index in [0.29, 0.717) is 6.54 Å². The molecule has 3 heteroatoms. The summed E-state index contributed by atoms with van der Waals surface area (Å²) >= 11 is 6.19. The van der Waals surface area contributed by atoms with E-state index in [0.717, 1.165) is 27.8 Å². The first-order chi connectivity index (χ1) is 10.8. The van der Waals surface area contributed by atoms with Crippen molar-refractivity contribution in [2.45, 2.75) is 6.54 Å². The molecule has 0 aliphatic rings. The van der Waals surface area contributed by atoms with Gasteiger partial charge >= 0.3 is 0 Å². The quantitative estimate of drug-likeness (QED) is 0.648. The minimum atomic E-state index is 0.648. The molecule has 0 bridgehead atoms. The summed E-state index contributed by atoms with van der Waals surface area (Å²) in [6, 6.07) is 25.4. The molecule has 110 valence electrons. The van der Waals surface area contributed by atoms with Gasteiger partial charge in [-0.25, -0.2) is 0 Å². The topological polar surface area (TPSA) is 21.3 Å². The standard InChI is InChI=1S/C19H16ClNO/c20-17-11-5-4-8-15(17)14-21-18-12-6-7-13-19(18)22-16-9-2-1-3-10-16/h1-13,21H,14H2. The Morgan fingerprint density at radius 2 is 1.45 bits per heavy atom. The minimum Gasteiger partial charge on any atom is -0.455 e. The van der Waals surface area contributed by atoms with Crippen molar-refractivity contribution >= 4 is 17.3 Å². The lowest BCUT2D eigenvalue weighted by Gasteiger charge is -2.13. The summed E-state index contributed by atoms with van der Waals surface area (Å²) in [6.07, 6.45) is 0. The fourth-order valence-electron chi connectivity index (χ4n) is 2.15. The van der Waals surface area contributed by atoms with Gasteiger partial charge in [0.05, 0.1) is 5.69 Å². The van der Waals surface area contributed by atoms with Crippen molar-refractivity contribution in [3.8, 4) is 11.5 Å². The normalized spacial score (nSPS) is 10.2. The Hall–Kier alpha value is -2.45. The summed E-state index contributed by atoms with van der Waals surface area (Å²) in [5.41, 5.74) is 1.99. The van der Waals surface area contributed by atoms with Crippen molar-refractivity contribution in [3.05, 3.63) is 89.4 Å². The molecule has 0 aliphatic heterocycles. The van der Waals surface area contributed by atoms with Crippen LogP contribution in [0.15, 0.2) is 78.9 Å². The number of anilines is 1. The first-order valence-electron chi connectivity index (χ1n) is 7.12. The summed E-state index contributed by atoms with van der Waals surface area (Å²) in [5, 5.41) is 4.14. The maximum Gasteiger partial charge on any atom is 0.150 e. The molecule has 0 aromatic heterocycles. The van der Waals surface area contributed by atoms with Crippen molar-refractivity contribution < 1.29 is 4.74 Å². The molecule has 0 unspecified atom stereocenters. The molecule has 0 spiro atoms. The number of nitrogens with one attached hydrogen (secondary N) is 1. The van der Waals surface area contributed by atoms with Crippen LogP contribution in [0.1, 0.15) is 5.56 Å². The summed E-state index contributed by atoms with van der Waals surface area (Å²) in [6.45, 7) is 0.648. The third kappa shape index (κ3) is 3.60. The van der Waals surface area contributed by atoms with E-state index in [1.807, 2.05) is 78.9 Å². The van der Waals surface area contributed by atoms with Crippen LogP contribution in [0.2, 0.25) is 5.02 Å².